The first kappa shape index (κ1) is 19.9. The van der Waals surface area contributed by atoms with Crippen LogP contribution in [0.15, 0.2) is 60.9 Å². The average Bonchev–Trinajstić information content (AvgIpc) is 3.22. The molecule has 0 saturated carbocycles. The predicted molar refractivity (Wildman–Crippen MR) is 122 cm³/mol. The van der Waals surface area contributed by atoms with E-state index >= 15 is 0 Å². The molecule has 1 amide bonds. The Kier molecular flexibility index (Phi) is 5.15. The van der Waals surface area contributed by atoms with E-state index in [2.05, 4.69) is 10.3 Å². The van der Waals surface area contributed by atoms with Crippen LogP contribution in [0.3, 0.4) is 0 Å². The molecule has 2 aromatic heterocycles. The van der Waals surface area contributed by atoms with Gasteiger partial charge in [-0.2, -0.15) is 0 Å². The van der Waals surface area contributed by atoms with Crippen LogP contribution in [0.2, 0.25) is 0 Å². The van der Waals surface area contributed by atoms with Gasteiger partial charge in [0.05, 0.1) is 11.4 Å². The lowest BCUT2D eigenvalue weighted by atomic mass is 10.1. The van der Waals surface area contributed by atoms with Crippen LogP contribution in [0.5, 0.6) is 17.2 Å². The van der Waals surface area contributed by atoms with Crippen LogP contribution in [-0.2, 0) is 4.79 Å². The molecular weight excluding hydrogens is 406 g/mol. The number of hydrogen-bond donors (Lipinski definition) is 1. The lowest BCUT2D eigenvalue weighted by Gasteiger charge is -2.18. The monoisotopic (exact) mass is 429 g/mol. The number of hydrogen-bond acceptors (Lipinski definition) is 5. The third kappa shape index (κ3) is 3.97. The van der Waals surface area contributed by atoms with Crippen molar-refractivity contribution in [2.45, 2.75) is 13.8 Å². The molecule has 2 aromatic carbocycles. The van der Waals surface area contributed by atoms with Gasteiger partial charge in [0.25, 0.3) is 5.91 Å². The van der Waals surface area contributed by atoms with Crippen LogP contribution >= 0.6 is 0 Å². The molecule has 0 fully saturated rings. The number of para-hydroxylation sites is 1. The Hall–Kier alpha value is -4.00. The normalized spacial score (nSPS) is 12.6. The van der Waals surface area contributed by atoms with Crippen molar-refractivity contribution in [2.75, 3.05) is 25.1 Å². The second-order valence-electron chi connectivity index (χ2n) is 7.73. The van der Waals surface area contributed by atoms with E-state index in [4.69, 9.17) is 14.2 Å². The molecule has 7 heteroatoms. The van der Waals surface area contributed by atoms with E-state index in [9.17, 15) is 4.79 Å². The minimum absolute atomic E-state index is 0.0594. The summed E-state index contributed by atoms with van der Waals surface area (Å²) in [5.41, 5.74) is 5.20. The number of imidazole rings is 1. The highest BCUT2D eigenvalue weighted by Crippen LogP contribution is 2.34. The minimum Gasteiger partial charge on any atom is -0.486 e. The Morgan fingerprint density at radius 1 is 1.03 bits per heavy atom. The smallest absolute Gasteiger partial charge is 0.262 e. The highest BCUT2D eigenvalue weighted by Gasteiger charge is 2.14. The van der Waals surface area contributed by atoms with Crippen molar-refractivity contribution in [3.05, 3.63) is 72.1 Å². The predicted octanol–water partition coefficient (Wildman–Crippen LogP) is 4.41. The second-order valence-corrected chi connectivity index (χ2v) is 7.73. The Morgan fingerprint density at radius 2 is 1.81 bits per heavy atom. The first-order valence-electron chi connectivity index (χ1n) is 10.4. The summed E-state index contributed by atoms with van der Waals surface area (Å²) in [5, 5.41) is 2.88. The molecule has 7 nitrogen and oxygen atoms in total. The Balaban J connectivity index is 1.30. The maximum absolute atomic E-state index is 12.4. The fourth-order valence-corrected chi connectivity index (χ4v) is 3.77. The summed E-state index contributed by atoms with van der Waals surface area (Å²) in [7, 11) is 0. The molecule has 0 aliphatic carbocycles. The zero-order valence-corrected chi connectivity index (χ0v) is 17.9. The molecule has 162 valence electrons. The van der Waals surface area contributed by atoms with Gasteiger partial charge in [0, 0.05) is 18.0 Å². The Bertz CT molecular complexity index is 1290. The standard InChI is InChI=1S/C25H23N3O4/c1-16-4-3-5-17(2)25(16)32-15-24(29)26-19-7-9-23-27-20(14-28(23)13-19)18-6-8-21-22(12-18)31-11-10-30-21/h3-9,12-14H,10-11,15H2,1-2H3,(H,26,29). The number of anilines is 1. The van der Waals surface area contributed by atoms with Gasteiger partial charge in [-0.05, 0) is 55.3 Å². The van der Waals surface area contributed by atoms with Gasteiger partial charge in [-0.1, -0.05) is 18.2 Å². The lowest BCUT2D eigenvalue weighted by Crippen LogP contribution is -2.20. The highest BCUT2D eigenvalue weighted by atomic mass is 16.6. The van der Waals surface area contributed by atoms with Gasteiger partial charge in [0.15, 0.2) is 18.1 Å². The van der Waals surface area contributed by atoms with E-state index in [-0.39, 0.29) is 12.5 Å². The van der Waals surface area contributed by atoms with Gasteiger partial charge >= 0.3 is 0 Å². The average molecular weight is 429 g/mol. The number of benzene rings is 2. The van der Waals surface area contributed by atoms with Crippen molar-refractivity contribution in [3.8, 4) is 28.5 Å². The van der Waals surface area contributed by atoms with Crippen molar-refractivity contribution in [1.82, 2.24) is 9.38 Å². The molecule has 3 heterocycles. The van der Waals surface area contributed by atoms with Gasteiger partial charge in [-0.15, -0.1) is 0 Å². The number of pyridine rings is 1. The second kappa shape index (κ2) is 8.26. The van der Waals surface area contributed by atoms with Crippen LogP contribution < -0.4 is 19.5 Å². The first-order valence-corrected chi connectivity index (χ1v) is 10.4. The fourth-order valence-electron chi connectivity index (χ4n) is 3.77. The fraction of sp³-hybridized carbons (Fsp3) is 0.200. The first-order chi connectivity index (χ1) is 15.6. The molecular formula is C25H23N3O4. The summed E-state index contributed by atoms with van der Waals surface area (Å²) in [4.78, 5) is 17.1. The Labute approximate surface area is 185 Å². The number of carbonyl (C=O) groups excluding carboxylic acids is 1. The number of rotatable bonds is 5. The van der Waals surface area contributed by atoms with E-state index in [1.165, 1.54) is 0 Å². The summed E-state index contributed by atoms with van der Waals surface area (Å²) in [5.74, 6) is 2.00. The number of ether oxygens (including phenoxy) is 3. The van der Waals surface area contributed by atoms with E-state index in [0.29, 0.717) is 18.9 Å². The molecule has 32 heavy (non-hydrogen) atoms. The molecule has 1 aliphatic rings. The number of nitrogens with zero attached hydrogens (tertiary/aromatic N) is 2. The molecule has 0 radical (unpaired) electrons. The molecule has 0 saturated heterocycles. The largest absolute Gasteiger partial charge is 0.486 e. The molecule has 1 N–H and O–H groups in total. The van der Waals surface area contributed by atoms with E-state index in [0.717, 1.165) is 45.3 Å². The van der Waals surface area contributed by atoms with Crippen LogP contribution in [-0.4, -0.2) is 35.1 Å². The summed E-state index contributed by atoms with van der Waals surface area (Å²) in [6.07, 6.45) is 3.75. The van der Waals surface area contributed by atoms with Crippen molar-refractivity contribution >= 4 is 17.2 Å². The topological polar surface area (TPSA) is 74.1 Å². The van der Waals surface area contributed by atoms with E-state index in [1.807, 2.05) is 79.2 Å². The minimum atomic E-state index is -0.223. The van der Waals surface area contributed by atoms with Gasteiger partial charge in [-0.25, -0.2) is 4.98 Å². The number of fused-ring (bicyclic) bond motifs is 2. The van der Waals surface area contributed by atoms with Gasteiger partial charge < -0.3 is 23.9 Å². The van der Waals surface area contributed by atoms with Crippen LogP contribution in [0.4, 0.5) is 5.69 Å². The molecule has 4 aromatic rings. The third-order valence-electron chi connectivity index (χ3n) is 5.33. The van der Waals surface area contributed by atoms with Crippen molar-refractivity contribution < 1.29 is 19.0 Å². The van der Waals surface area contributed by atoms with Gasteiger partial charge in [0.2, 0.25) is 0 Å². The van der Waals surface area contributed by atoms with Gasteiger partial charge in [0.1, 0.15) is 24.6 Å². The number of nitrogens with one attached hydrogen (secondary N) is 1. The van der Waals surface area contributed by atoms with E-state index in [1.54, 1.807) is 0 Å². The quantitative estimate of drug-likeness (QED) is 0.509. The number of aromatic nitrogens is 2. The summed E-state index contributed by atoms with van der Waals surface area (Å²) < 4.78 is 18.9. The van der Waals surface area contributed by atoms with Crippen molar-refractivity contribution in [2.24, 2.45) is 0 Å². The lowest BCUT2D eigenvalue weighted by molar-refractivity contribution is -0.118. The molecule has 0 spiro atoms. The third-order valence-corrected chi connectivity index (χ3v) is 5.33. The number of amides is 1. The highest BCUT2D eigenvalue weighted by molar-refractivity contribution is 5.92. The van der Waals surface area contributed by atoms with Crippen molar-refractivity contribution in [1.29, 1.82) is 0 Å². The Morgan fingerprint density at radius 3 is 2.62 bits per heavy atom. The van der Waals surface area contributed by atoms with Crippen molar-refractivity contribution in [3.63, 3.8) is 0 Å². The molecule has 0 unspecified atom stereocenters. The van der Waals surface area contributed by atoms with E-state index < -0.39 is 0 Å². The van der Waals surface area contributed by atoms with Crippen LogP contribution in [0.1, 0.15) is 11.1 Å². The maximum atomic E-state index is 12.4. The molecule has 0 atom stereocenters. The molecule has 5 rings (SSSR count). The number of aryl methyl sites for hydroxylation is 2. The van der Waals surface area contributed by atoms with Crippen LogP contribution in [0.25, 0.3) is 16.9 Å². The molecule has 0 bridgehead atoms. The summed E-state index contributed by atoms with van der Waals surface area (Å²) in [6.45, 7) is 4.97. The van der Waals surface area contributed by atoms with Crippen LogP contribution in [0, 0.1) is 13.8 Å². The van der Waals surface area contributed by atoms with Gasteiger partial charge in [-0.3, -0.25) is 4.79 Å². The SMILES string of the molecule is Cc1cccc(C)c1OCC(=O)Nc1ccc2nc(-c3ccc4c(c3)OCCO4)cn2c1. The number of carbonyl (C=O) groups is 1. The maximum Gasteiger partial charge on any atom is 0.262 e. The zero-order chi connectivity index (χ0) is 22.1. The summed E-state index contributed by atoms with van der Waals surface area (Å²) in [6, 6.07) is 15.4. The summed E-state index contributed by atoms with van der Waals surface area (Å²) >= 11 is 0. The zero-order valence-electron chi connectivity index (χ0n) is 17.9. The molecule has 1 aliphatic heterocycles.